The zero-order valence-electron chi connectivity index (χ0n) is 16.2. The van der Waals surface area contributed by atoms with Crippen LogP contribution in [0.3, 0.4) is 0 Å². The van der Waals surface area contributed by atoms with Crippen LogP contribution in [0.4, 0.5) is 0 Å². The Balaban J connectivity index is 1.28. The molecule has 4 aliphatic rings. The number of carbonyl (C=O) groups is 3. The van der Waals surface area contributed by atoms with Gasteiger partial charge >= 0.3 is 5.97 Å². The average Bonchev–Trinajstić information content (AvgIpc) is 2.65. The molecule has 0 saturated heterocycles. The van der Waals surface area contributed by atoms with Crippen molar-refractivity contribution < 1.29 is 23.9 Å². The second kappa shape index (κ2) is 7.57. The summed E-state index contributed by atoms with van der Waals surface area (Å²) in [6, 6.07) is 6.65. The molecular formula is C22H27NO5. The molecule has 0 aliphatic heterocycles. The van der Waals surface area contributed by atoms with Crippen molar-refractivity contribution in [1.82, 2.24) is 5.32 Å². The molecule has 4 saturated carbocycles. The van der Waals surface area contributed by atoms with Crippen molar-refractivity contribution in [1.29, 1.82) is 0 Å². The van der Waals surface area contributed by atoms with Crippen LogP contribution in [-0.2, 0) is 14.3 Å². The van der Waals surface area contributed by atoms with Gasteiger partial charge in [-0.1, -0.05) is 12.1 Å². The maximum atomic E-state index is 12.7. The highest BCUT2D eigenvalue weighted by Crippen LogP contribution is 2.55. The minimum absolute atomic E-state index is 0.105. The van der Waals surface area contributed by atoms with Crippen LogP contribution < -0.4 is 10.1 Å². The van der Waals surface area contributed by atoms with Crippen molar-refractivity contribution in [3.8, 4) is 5.75 Å². The molecule has 0 unspecified atom stereocenters. The summed E-state index contributed by atoms with van der Waals surface area (Å²) in [4.78, 5) is 35.7. The second-order valence-electron chi connectivity index (χ2n) is 8.76. The van der Waals surface area contributed by atoms with Crippen molar-refractivity contribution in [2.45, 2.75) is 57.1 Å². The third kappa shape index (κ3) is 3.91. The van der Waals surface area contributed by atoms with E-state index in [2.05, 4.69) is 5.32 Å². The van der Waals surface area contributed by atoms with Crippen molar-refractivity contribution in [3.05, 3.63) is 29.8 Å². The molecule has 0 heterocycles. The van der Waals surface area contributed by atoms with Crippen LogP contribution in [0.25, 0.3) is 0 Å². The molecule has 28 heavy (non-hydrogen) atoms. The van der Waals surface area contributed by atoms with Crippen LogP contribution in [-0.4, -0.2) is 36.4 Å². The van der Waals surface area contributed by atoms with E-state index in [9.17, 15) is 14.4 Å². The molecule has 6 nitrogen and oxygen atoms in total. The van der Waals surface area contributed by atoms with Gasteiger partial charge in [-0.2, -0.15) is 0 Å². The Bertz CT molecular complexity index is 739. The van der Waals surface area contributed by atoms with E-state index in [4.69, 9.17) is 9.47 Å². The summed E-state index contributed by atoms with van der Waals surface area (Å²) in [6.07, 6.45) is 6.87. The predicted molar refractivity (Wildman–Crippen MR) is 102 cm³/mol. The molecule has 0 spiro atoms. The first-order valence-electron chi connectivity index (χ1n) is 10.1. The monoisotopic (exact) mass is 385 g/mol. The maximum Gasteiger partial charge on any atom is 0.344 e. The average molecular weight is 385 g/mol. The Hall–Kier alpha value is -2.37. The van der Waals surface area contributed by atoms with E-state index in [1.165, 1.54) is 19.3 Å². The van der Waals surface area contributed by atoms with Crippen LogP contribution in [0.15, 0.2) is 24.3 Å². The number of hydrogen-bond acceptors (Lipinski definition) is 5. The summed E-state index contributed by atoms with van der Waals surface area (Å²) in [5, 5.41) is 3.22. The van der Waals surface area contributed by atoms with Crippen molar-refractivity contribution in [2.24, 2.45) is 17.8 Å². The fourth-order valence-corrected chi connectivity index (χ4v) is 5.76. The van der Waals surface area contributed by atoms with Crippen LogP contribution in [0.5, 0.6) is 5.75 Å². The molecule has 150 valence electrons. The highest BCUT2D eigenvalue weighted by Gasteiger charge is 2.51. The summed E-state index contributed by atoms with van der Waals surface area (Å²) in [5.41, 5.74) is 0.259. The summed E-state index contributed by atoms with van der Waals surface area (Å²) in [6.45, 7) is 1.24. The molecule has 0 aromatic heterocycles. The number of rotatable bonds is 7. The Morgan fingerprint density at radius 3 is 2.36 bits per heavy atom. The van der Waals surface area contributed by atoms with Crippen LogP contribution in [0, 0.1) is 17.8 Å². The van der Waals surface area contributed by atoms with Gasteiger partial charge in [-0.3, -0.25) is 9.59 Å². The van der Waals surface area contributed by atoms with Crippen LogP contribution >= 0.6 is 0 Å². The number of carbonyl (C=O) groups excluding carboxylic acids is 3. The van der Waals surface area contributed by atoms with Gasteiger partial charge in [0.05, 0.1) is 5.56 Å². The molecule has 4 bridgehead atoms. The zero-order valence-corrected chi connectivity index (χ0v) is 16.2. The maximum absolute atomic E-state index is 12.7. The van der Waals surface area contributed by atoms with E-state index in [-0.39, 0.29) is 18.1 Å². The molecule has 1 N–H and O–H groups in total. The Morgan fingerprint density at radius 1 is 1.14 bits per heavy atom. The largest absolute Gasteiger partial charge is 0.481 e. The molecule has 1 atom stereocenters. The van der Waals surface area contributed by atoms with E-state index in [1.54, 1.807) is 31.2 Å². The molecule has 0 radical (unpaired) electrons. The van der Waals surface area contributed by atoms with E-state index >= 15 is 0 Å². The van der Waals surface area contributed by atoms with Gasteiger partial charge in [0, 0.05) is 5.54 Å². The van der Waals surface area contributed by atoms with Gasteiger partial charge in [0.15, 0.2) is 19.0 Å². The third-order valence-electron chi connectivity index (χ3n) is 6.50. The number of aldehydes is 1. The Kier molecular flexibility index (Phi) is 5.13. The molecule has 6 heteroatoms. The van der Waals surface area contributed by atoms with Crippen molar-refractivity contribution >= 4 is 18.2 Å². The van der Waals surface area contributed by atoms with E-state index in [1.807, 2.05) is 0 Å². The lowest BCUT2D eigenvalue weighted by Crippen LogP contribution is -2.61. The van der Waals surface area contributed by atoms with Gasteiger partial charge in [-0.05, 0) is 75.3 Å². The topological polar surface area (TPSA) is 81.7 Å². The smallest absolute Gasteiger partial charge is 0.344 e. The van der Waals surface area contributed by atoms with Gasteiger partial charge in [-0.15, -0.1) is 0 Å². The van der Waals surface area contributed by atoms with Gasteiger partial charge in [0.2, 0.25) is 0 Å². The molecule has 1 amide bonds. The highest BCUT2D eigenvalue weighted by atomic mass is 16.6. The third-order valence-corrected chi connectivity index (χ3v) is 6.50. The number of ether oxygens (including phenoxy) is 2. The van der Waals surface area contributed by atoms with Crippen molar-refractivity contribution in [3.63, 3.8) is 0 Å². The standard InChI is InChI=1S/C22H27NO5/c1-14(28-20(25)13-27-19-5-3-2-4-18(19)12-24)21(26)23-22-9-15-6-16(10-22)8-17(7-15)11-22/h2-5,12,14-17H,6-11,13H2,1H3,(H,23,26)/t14-,15?,16?,17?,22?/m0/s1. The quantitative estimate of drug-likeness (QED) is 0.576. The number of hydrogen-bond donors (Lipinski definition) is 1. The molecular weight excluding hydrogens is 358 g/mol. The van der Waals surface area contributed by atoms with Crippen LogP contribution in [0.1, 0.15) is 55.8 Å². The molecule has 1 aromatic rings. The molecule has 4 fully saturated rings. The summed E-state index contributed by atoms with van der Waals surface area (Å²) >= 11 is 0. The van der Waals surface area contributed by atoms with Gasteiger partial charge in [-0.25, -0.2) is 4.79 Å². The SMILES string of the molecule is C[C@H](OC(=O)COc1ccccc1C=O)C(=O)NC12CC3CC(CC(C3)C1)C2. The number of amides is 1. The lowest BCUT2D eigenvalue weighted by atomic mass is 9.53. The number of benzene rings is 1. The molecule has 4 aliphatic carbocycles. The van der Waals surface area contributed by atoms with E-state index < -0.39 is 12.1 Å². The van der Waals surface area contributed by atoms with Gasteiger partial charge in [0.1, 0.15) is 5.75 Å². The van der Waals surface area contributed by atoms with E-state index in [0.29, 0.717) is 17.6 Å². The zero-order chi connectivity index (χ0) is 19.7. The van der Waals surface area contributed by atoms with E-state index in [0.717, 1.165) is 37.0 Å². The first-order valence-corrected chi connectivity index (χ1v) is 10.1. The normalized spacial score (nSPS) is 31.1. The minimum atomic E-state index is -0.870. The summed E-state index contributed by atoms with van der Waals surface area (Å²) in [7, 11) is 0. The van der Waals surface area contributed by atoms with Crippen molar-refractivity contribution in [2.75, 3.05) is 6.61 Å². The lowest BCUT2D eigenvalue weighted by Gasteiger charge is -2.57. The molecule has 5 rings (SSSR count). The van der Waals surface area contributed by atoms with Gasteiger partial charge in [0.25, 0.3) is 5.91 Å². The summed E-state index contributed by atoms with van der Waals surface area (Å²) in [5.74, 6) is 1.65. The predicted octanol–water partition coefficient (Wildman–Crippen LogP) is 2.89. The minimum Gasteiger partial charge on any atom is -0.481 e. The van der Waals surface area contributed by atoms with Crippen LogP contribution in [0.2, 0.25) is 0 Å². The second-order valence-corrected chi connectivity index (χ2v) is 8.76. The fourth-order valence-electron chi connectivity index (χ4n) is 5.76. The number of nitrogens with one attached hydrogen (secondary N) is 1. The fraction of sp³-hybridized carbons (Fsp3) is 0.591. The van der Waals surface area contributed by atoms with Gasteiger partial charge < -0.3 is 14.8 Å². The highest BCUT2D eigenvalue weighted by molar-refractivity contribution is 5.84. The summed E-state index contributed by atoms with van der Waals surface area (Å²) < 4.78 is 10.6. The Morgan fingerprint density at radius 2 is 1.75 bits per heavy atom. The number of para-hydroxylation sites is 1. The molecule has 1 aromatic carbocycles. The Labute approximate surface area is 165 Å². The first kappa shape index (κ1) is 19.0. The lowest BCUT2D eigenvalue weighted by molar-refractivity contribution is -0.158. The first-order chi connectivity index (χ1) is 13.5. The number of esters is 1.